The van der Waals surface area contributed by atoms with Crippen LogP contribution in [0.3, 0.4) is 0 Å². The van der Waals surface area contributed by atoms with Crippen LogP contribution in [0.4, 0.5) is 0 Å². The highest BCUT2D eigenvalue weighted by Crippen LogP contribution is 2.24. The van der Waals surface area contributed by atoms with Crippen molar-refractivity contribution in [1.82, 2.24) is 15.3 Å². The third-order valence-corrected chi connectivity index (χ3v) is 3.11. The average molecular weight is 244 g/mol. The fourth-order valence-electron chi connectivity index (χ4n) is 2.12. The Morgan fingerprint density at radius 1 is 1.28 bits per heavy atom. The number of fused-ring (bicyclic) bond motifs is 1. The number of aromatic nitrogens is 1. The highest BCUT2D eigenvalue weighted by molar-refractivity contribution is 5.81. The molecule has 0 bridgehead atoms. The van der Waals surface area contributed by atoms with Crippen LogP contribution in [0.2, 0.25) is 0 Å². The molecule has 0 spiro atoms. The van der Waals surface area contributed by atoms with Gasteiger partial charge in [-0.05, 0) is 38.7 Å². The van der Waals surface area contributed by atoms with Gasteiger partial charge in [0.2, 0.25) is 0 Å². The molecule has 96 valence electrons. The second kappa shape index (κ2) is 5.91. The molecule has 0 aliphatic rings. The van der Waals surface area contributed by atoms with Crippen LogP contribution in [0, 0.1) is 0 Å². The number of hydrogen-bond donors (Lipinski definition) is 2. The molecule has 4 heteroatoms. The van der Waals surface area contributed by atoms with Gasteiger partial charge in [-0.15, -0.1) is 0 Å². The summed E-state index contributed by atoms with van der Waals surface area (Å²) < 4.78 is 0. The van der Waals surface area contributed by atoms with Gasteiger partial charge in [0.1, 0.15) is 0 Å². The lowest BCUT2D eigenvalue weighted by atomic mass is 10.0. The van der Waals surface area contributed by atoms with E-state index in [0.717, 1.165) is 29.4 Å². The summed E-state index contributed by atoms with van der Waals surface area (Å²) in [5, 5.41) is 1.15. The molecule has 0 saturated heterocycles. The smallest absolute Gasteiger partial charge is 0.0750 e. The van der Waals surface area contributed by atoms with E-state index in [1.807, 2.05) is 12.3 Å². The largest absolute Gasteiger partial charge is 0.309 e. The van der Waals surface area contributed by atoms with Gasteiger partial charge in [-0.1, -0.05) is 24.3 Å². The molecule has 18 heavy (non-hydrogen) atoms. The Morgan fingerprint density at radius 3 is 2.78 bits per heavy atom. The summed E-state index contributed by atoms with van der Waals surface area (Å²) in [7, 11) is 4.13. The van der Waals surface area contributed by atoms with Crippen molar-refractivity contribution in [3.63, 3.8) is 0 Å². The Bertz CT molecular complexity index is 505. The predicted octanol–water partition coefficient (Wildman–Crippen LogP) is 1.69. The molecule has 3 N–H and O–H groups in total. The van der Waals surface area contributed by atoms with E-state index < -0.39 is 0 Å². The first kappa shape index (κ1) is 13.0. The summed E-state index contributed by atoms with van der Waals surface area (Å²) >= 11 is 0. The van der Waals surface area contributed by atoms with Crippen LogP contribution in [0.5, 0.6) is 0 Å². The summed E-state index contributed by atoms with van der Waals surface area (Å²) in [6.45, 7) is 0.984. The van der Waals surface area contributed by atoms with Crippen LogP contribution in [0.1, 0.15) is 18.0 Å². The fraction of sp³-hybridized carbons (Fsp3) is 0.357. The van der Waals surface area contributed by atoms with Gasteiger partial charge in [0.05, 0.1) is 5.52 Å². The first-order valence-electron chi connectivity index (χ1n) is 6.17. The summed E-state index contributed by atoms with van der Waals surface area (Å²) in [4.78, 5) is 6.62. The molecule has 2 rings (SSSR count). The third-order valence-electron chi connectivity index (χ3n) is 3.11. The van der Waals surface area contributed by atoms with Crippen molar-refractivity contribution in [1.29, 1.82) is 0 Å². The van der Waals surface area contributed by atoms with Crippen molar-refractivity contribution < 1.29 is 0 Å². The zero-order valence-electron chi connectivity index (χ0n) is 10.9. The minimum atomic E-state index is 0.131. The molecule has 2 aromatic rings. The number of hydrazine groups is 1. The van der Waals surface area contributed by atoms with E-state index in [-0.39, 0.29) is 6.04 Å². The van der Waals surface area contributed by atoms with E-state index in [2.05, 4.69) is 53.7 Å². The molecule has 1 unspecified atom stereocenters. The number of pyridine rings is 1. The minimum Gasteiger partial charge on any atom is -0.309 e. The quantitative estimate of drug-likeness (QED) is 0.621. The van der Waals surface area contributed by atoms with Gasteiger partial charge in [-0.25, -0.2) is 0 Å². The van der Waals surface area contributed by atoms with Gasteiger partial charge in [0, 0.05) is 17.6 Å². The zero-order chi connectivity index (χ0) is 13.0. The number of nitrogens with one attached hydrogen (secondary N) is 1. The Balaban J connectivity index is 2.32. The van der Waals surface area contributed by atoms with Crippen LogP contribution >= 0.6 is 0 Å². The van der Waals surface area contributed by atoms with Crippen LogP contribution in [0.25, 0.3) is 10.9 Å². The van der Waals surface area contributed by atoms with Crippen LogP contribution < -0.4 is 11.3 Å². The molecule has 0 amide bonds. The Labute approximate surface area is 108 Å². The second-order valence-electron chi connectivity index (χ2n) is 4.73. The van der Waals surface area contributed by atoms with Gasteiger partial charge in [-0.2, -0.15) is 0 Å². The van der Waals surface area contributed by atoms with Crippen molar-refractivity contribution in [2.45, 2.75) is 12.5 Å². The third kappa shape index (κ3) is 2.85. The zero-order valence-corrected chi connectivity index (χ0v) is 10.9. The van der Waals surface area contributed by atoms with Crippen LogP contribution in [0.15, 0.2) is 36.5 Å². The Kier molecular flexibility index (Phi) is 4.25. The summed E-state index contributed by atoms with van der Waals surface area (Å²) in [6, 6.07) is 10.4. The minimum absolute atomic E-state index is 0.131. The average Bonchev–Trinajstić information content (AvgIpc) is 2.39. The van der Waals surface area contributed by atoms with Crippen molar-refractivity contribution in [2.24, 2.45) is 5.84 Å². The Morgan fingerprint density at radius 2 is 2.06 bits per heavy atom. The molecule has 0 saturated carbocycles. The van der Waals surface area contributed by atoms with Gasteiger partial charge in [0.25, 0.3) is 0 Å². The summed E-state index contributed by atoms with van der Waals surface area (Å²) in [5.74, 6) is 5.69. The number of nitrogens with zero attached hydrogens (tertiary/aromatic N) is 2. The lowest BCUT2D eigenvalue weighted by Crippen LogP contribution is -2.31. The van der Waals surface area contributed by atoms with E-state index in [9.17, 15) is 0 Å². The molecule has 4 nitrogen and oxygen atoms in total. The number of nitrogens with two attached hydrogens (primary N) is 1. The maximum atomic E-state index is 5.69. The SMILES string of the molecule is CN(C)CCC(NN)c1cccc2cccnc12. The molecule has 1 atom stereocenters. The molecular weight excluding hydrogens is 224 g/mol. The lowest BCUT2D eigenvalue weighted by Gasteiger charge is -2.19. The molecule has 0 fully saturated rings. The van der Waals surface area contributed by atoms with Gasteiger partial charge < -0.3 is 4.90 Å². The second-order valence-corrected chi connectivity index (χ2v) is 4.73. The maximum Gasteiger partial charge on any atom is 0.0750 e. The van der Waals surface area contributed by atoms with Gasteiger partial charge in [-0.3, -0.25) is 16.3 Å². The first-order chi connectivity index (χ1) is 8.72. The number of benzene rings is 1. The highest BCUT2D eigenvalue weighted by Gasteiger charge is 2.13. The monoisotopic (exact) mass is 244 g/mol. The fourth-order valence-corrected chi connectivity index (χ4v) is 2.12. The van der Waals surface area contributed by atoms with E-state index in [4.69, 9.17) is 5.84 Å². The molecular formula is C14H20N4. The molecule has 1 heterocycles. The molecule has 0 aliphatic carbocycles. The van der Waals surface area contributed by atoms with Crippen molar-refractivity contribution >= 4 is 10.9 Å². The molecule has 0 radical (unpaired) electrons. The number of hydrogen-bond acceptors (Lipinski definition) is 4. The highest BCUT2D eigenvalue weighted by atomic mass is 15.2. The number of para-hydroxylation sites is 1. The predicted molar refractivity (Wildman–Crippen MR) is 75.0 cm³/mol. The maximum absolute atomic E-state index is 5.69. The Hall–Kier alpha value is -1.49. The van der Waals surface area contributed by atoms with Crippen molar-refractivity contribution in [3.8, 4) is 0 Å². The lowest BCUT2D eigenvalue weighted by molar-refractivity contribution is 0.363. The van der Waals surface area contributed by atoms with Gasteiger partial charge in [0.15, 0.2) is 0 Å². The summed E-state index contributed by atoms with van der Waals surface area (Å²) in [6.07, 6.45) is 2.78. The van der Waals surface area contributed by atoms with Crippen molar-refractivity contribution in [2.75, 3.05) is 20.6 Å². The molecule has 1 aromatic heterocycles. The van der Waals surface area contributed by atoms with E-state index in [1.54, 1.807) is 0 Å². The van der Waals surface area contributed by atoms with E-state index >= 15 is 0 Å². The van der Waals surface area contributed by atoms with Crippen LogP contribution in [-0.4, -0.2) is 30.5 Å². The first-order valence-corrected chi connectivity index (χ1v) is 6.17. The van der Waals surface area contributed by atoms with Gasteiger partial charge >= 0.3 is 0 Å². The number of rotatable bonds is 5. The standard InChI is InChI=1S/C14H20N4/c1-18(2)10-8-13(17-15)12-7-3-5-11-6-4-9-16-14(11)12/h3-7,9,13,17H,8,10,15H2,1-2H3. The normalized spacial score (nSPS) is 13.1. The topological polar surface area (TPSA) is 54.2 Å². The van der Waals surface area contributed by atoms with Crippen LogP contribution in [-0.2, 0) is 0 Å². The van der Waals surface area contributed by atoms with Crippen molar-refractivity contribution in [3.05, 3.63) is 42.1 Å². The molecule has 1 aromatic carbocycles. The van der Waals surface area contributed by atoms with E-state index in [0.29, 0.717) is 0 Å². The van der Waals surface area contributed by atoms with E-state index in [1.165, 1.54) is 0 Å². The summed E-state index contributed by atoms with van der Waals surface area (Å²) in [5.41, 5.74) is 5.09. The molecule has 0 aliphatic heterocycles.